The van der Waals surface area contributed by atoms with E-state index in [1.807, 2.05) is 6.92 Å². The van der Waals surface area contributed by atoms with Gasteiger partial charge < -0.3 is 15.3 Å². The van der Waals surface area contributed by atoms with Gasteiger partial charge in [-0.1, -0.05) is 0 Å². The molecule has 0 aromatic rings. The van der Waals surface area contributed by atoms with E-state index in [0.29, 0.717) is 6.54 Å². The average molecular weight is 174 g/mol. The maximum Gasteiger partial charge on any atom is 0.325 e. The fourth-order valence-corrected chi connectivity index (χ4v) is 0.501. The summed E-state index contributed by atoms with van der Waals surface area (Å²) < 4.78 is 0. The number of carbonyl (C=O) groups is 2. The largest absolute Gasteiger partial charge is 0.480 e. The lowest BCUT2D eigenvalue weighted by molar-refractivity contribution is -0.138. The molecule has 70 valence electrons. The van der Waals surface area contributed by atoms with Crippen LogP contribution in [-0.2, 0) is 4.79 Å². The zero-order valence-corrected chi connectivity index (χ0v) is 7.50. The molecular weight excluding hydrogens is 160 g/mol. The van der Waals surface area contributed by atoms with Gasteiger partial charge in [-0.2, -0.15) is 0 Å². The molecule has 5 nitrogen and oxygen atoms in total. The summed E-state index contributed by atoms with van der Waals surface area (Å²) in [4.78, 5) is 22.8. The fourth-order valence-electron chi connectivity index (χ4n) is 0.501. The fraction of sp³-hybridized carbons (Fsp3) is 0.714. The number of aliphatic carboxylic acids is 1. The van der Waals surface area contributed by atoms with Crippen LogP contribution in [0.25, 0.3) is 0 Å². The van der Waals surface area contributed by atoms with Gasteiger partial charge in [0.2, 0.25) is 0 Å². The minimum atomic E-state index is -1.03. The molecule has 0 fully saturated rings. The average Bonchev–Trinajstić information content (AvgIpc) is 2.02. The molecule has 0 spiro atoms. The van der Waals surface area contributed by atoms with Crippen LogP contribution in [-0.4, -0.2) is 41.6 Å². The minimum absolute atomic E-state index is 0.368. The summed E-state index contributed by atoms with van der Waals surface area (Å²) in [5.41, 5.74) is 0. The van der Waals surface area contributed by atoms with Crippen LogP contribution >= 0.6 is 0 Å². The molecule has 0 heterocycles. The van der Waals surface area contributed by atoms with Crippen molar-refractivity contribution in [3.05, 3.63) is 0 Å². The Morgan fingerprint density at radius 2 is 2.08 bits per heavy atom. The Morgan fingerprint density at radius 1 is 1.58 bits per heavy atom. The molecule has 0 saturated carbocycles. The van der Waals surface area contributed by atoms with Gasteiger partial charge in [0.15, 0.2) is 0 Å². The van der Waals surface area contributed by atoms with Crippen LogP contribution in [0.2, 0.25) is 0 Å². The summed E-state index contributed by atoms with van der Waals surface area (Å²) in [6.07, 6.45) is 0. The van der Waals surface area contributed by atoms with E-state index in [0.717, 1.165) is 0 Å². The second-order valence-electron chi connectivity index (χ2n) is 2.52. The second-order valence-corrected chi connectivity index (χ2v) is 2.52. The van der Waals surface area contributed by atoms with Crippen molar-refractivity contribution in [2.45, 2.75) is 19.9 Å². The van der Waals surface area contributed by atoms with Gasteiger partial charge >= 0.3 is 12.0 Å². The zero-order valence-electron chi connectivity index (χ0n) is 7.50. The first kappa shape index (κ1) is 10.7. The van der Waals surface area contributed by atoms with Crippen molar-refractivity contribution in [1.29, 1.82) is 0 Å². The summed E-state index contributed by atoms with van der Waals surface area (Å²) >= 11 is 0. The molecule has 0 saturated heterocycles. The first-order valence-corrected chi connectivity index (χ1v) is 3.73. The Balaban J connectivity index is 3.92. The van der Waals surface area contributed by atoms with E-state index in [4.69, 9.17) is 5.11 Å². The Morgan fingerprint density at radius 3 is 2.42 bits per heavy atom. The van der Waals surface area contributed by atoms with E-state index >= 15 is 0 Å². The van der Waals surface area contributed by atoms with Gasteiger partial charge in [-0.05, 0) is 13.8 Å². The first-order chi connectivity index (χ1) is 5.49. The van der Waals surface area contributed by atoms with Gasteiger partial charge in [0, 0.05) is 13.6 Å². The molecule has 0 aliphatic rings. The maximum absolute atomic E-state index is 11.0. The normalized spacial score (nSPS) is 11.9. The standard InChI is InChI=1S/C7H14N2O3/c1-4-9(3)7(12)8-5(2)6(10)11/h5H,4H2,1-3H3,(H,8,12)(H,10,11). The molecule has 0 rings (SSSR count). The van der Waals surface area contributed by atoms with Gasteiger partial charge in [-0.15, -0.1) is 0 Å². The minimum Gasteiger partial charge on any atom is -0.480 e. The highest BCUT2D eigenvalue weighted by Crippen LogP contribution is 1.86. The highest BCUT2D eigenvalue weighted by Gasteiger charge is 2.15. The summed E-state index contributed by atoms with van der Waals surface area (Å²) in [5, 5.41) is 10.8. The quantitative estimate of drug-likeness (QED) is 0.638. The van der Waals surface area contributed by atoms with Gasteiger partial charge in [-0.25, -0.2) is 4.79 Å². The molecule has 2 N–H and O–H groups in total. The third-order valence-electron chi connectivity index (χ3n) is 1.53. The summed E-state index contributed by atoms with van der Waals surface area (Å²) in [5.74, 6) is -1.03. The van der Waals surface area contributed by atoms with Crippen LogP contribution in [0.3, 0.4) is 0 Å². The van der Waals surface area contributed by atoms with Crippen LogP contribution in [0.4, 0.5) is 4.79 Å². The predicted octanol–water partition coefficient (Wildman–Crippen LogP) is 0.121. The monoisotopic (exact) mass is 174 g/mol. The molecular formula is C7H14N2O3. The van der Waals surface area contributed by atoms with Crippen LogP contribution in [0.1, 0.15) is 13.8 Å². The third kappa shape index (κ3) is 3.23. The van der Waals surface area contributed by atoms with Crippen molar-refractivity contribution >= 4 is 12.0 Å². The molecule has 2 amide bonds. The SMILES string of the molecule is CCN(C)C(=O)NC(C)C(=O)O. The first-order valence-electron chi connectivity index (χ1n) is 3.73. The lowest BCUT2D eigenvalue weighted by Crippen LogP contribution is -2.45. The molecule has 0 aliphatic heterocycles. The summed E-state index contributed by atoms with van der Waals surface area (Å²) in [6, 6.07) is -1.21. The maximum atomic E-state index is 11.0. The van der Waals surface area contributed by atoms with E-state index in [2.05, 4.69) is 5.32 Å². The lowest BCUT2D eigenvalue weighted by Gasteiger charge is -2.17. The molecule has 12 heavy (non-hydrogen) atoms. The van der Waals surface area contributed by atoms with Crippen molar-refractivity contribution in [2.75, 3.05) is 13.6 Å². The van der Waals surface area contributed by atoms with Crippen LogP contribution in [0.15, 0.2) is 0 Å². The van der Waals surface area contributed by atoms with E-state index in [9.17, 15) is 9.59 Å². The zero-order chi connectivity index (χ0) is 9.72. The van der Waals surface area contributed by atoms with Crippen molar-refractivity contribution in [2.24, 2.45) is 0 Å². The van der Waals surface area contributed by atoms with Crippen LogP contribution < -0.4 is 5.32 Å². The van der Waals surface area contributed by atoms with Crippen LogP contribution in [0, 0.1) is 0 Å². The molecule has 1 atom stereocenters. The van der Waals surface area contributed by atoms with Gasteiger partial charge in [0.05, 0.1) is 0 Å². The van der Waals surface area contributed by atoms with E-state index < -0.39 is 12.0 Å². The van der Waals surface area contributed by atoms with Crippen LogP contribution in [0.5, 0.6) is 0 Å². The molecule has 5 heteroatoms. The number of carboxylic acid groups (broad SMARTS) is 1. The molecule has 0 aliphatic carbocycles. The van der Waals surface area contributed by atoms with Gasteiger partial charge in [0.25, 0.3) is 0 Å². The van der Waals surface area contributed by atoms with Crippen molar-refractivity contribution < 1.29 is 14.7 Å². The highest BCUT2D eigenvalue weighted by atomic mass is 16.4. The molecule has 0 radical (unpaired) electrons. The van der Waals surface area contributed by atoms with Gasteiger partial charge in [-0.3, -0.25) is 4.79 Å². The second kappa shape index (κ2) is 4.58. The molecule has 1 unspecified atom stereocenters. The highest BCUT2D eigenvalue weighted by molar-refractivity contribution is 5.81. The predicted molar refractivity (Wildman–Crippen MR) is 43.9 cm³/mol. The van der Waals surface area contributed by atoms with E-state index in [1.54, 1.807) is 7.05 Å². The number of amides is 2. The third-order valence-corrected chi connectivity index (χ3v) is 1.53. The number of carbonyl (C=O) groups excluding carboxylic acids is 1. The molecule has 0 aromatic heterocycles. The van der Waals surface area contributed by atoms with Crippen molar-refractivity contribution in [3.8, 4) is 0 Å². The Bertz CT molecular complexity index is 181. The summed E-state index contributed by atoms with van der Waals surface area (Å²) in [6.45, 7) is 3.78. The van der Waals surface area contributed by atoms with Crippen molar-refractivity contribution in [3.63, 3.8) is 0 Å². The van der Waals surface area contributed by atoms with Crippen molar-refractivity contribution in [1.82, 2.24) is 10.2 Å². The number of hydrogen-bond acceptors (Lipinski definition) is 2. The van der Waals surface area contributed by atoms with E-state index in [1.165, 1.54) is 11.8 Å². The number of hydrogen-bond donors (Lipinski definition) is 2. The number of carboxylic acids is 1. The number of nitrogens with one attached hydrogen (secondary N) is 1. The Hall–Kier alpha value is -1.26. The van der Waals surface area contributed by atoms with Gasteiger partial charge in [0.1, 0.15) is 6.04 Å². The Labute approximate surface area is 71.4 Å². The molecule has 0 aromatic carbocycles. The topological polar surface area (TPSA) is 69.6 Å². The number of rotatable bonds is 3. The Kier molecular flexibility index (Phi) is 4.10. The summed E-state index contributed by atoms with van der Waals surface area (Å²) in [7, 11) is 1.60. The number of nitrogens with zero attached hydrogens (tertiary/aromatic N) is 1. The van der Waals surface area contributed by atoms with E-state index in [-0.39, 0.29) is 6.03 Å². The molecule has 0 bridgehead atoms. The number of urea groups is 1. The smallest absolute Gasteiger partial charge is 0.325 e. The lowest BCUT2D eigenvalue weighted by atomic mass is 10.3.